The molecule has 0 bridgehead atoms. The molecule has 2 aromatic carbocycles. The molecule has 0 radical (unpaired) electrons. The Labute approximate surface area is 170 Å². The lowest BCUT2D eigenvalue weighted by molar-refractivity contribution is 0.0992. The molecule has 4 aromatic rings. The number of Topliss-reactive ketones (excluding diaryl/α,β-unsaturated/α-hetero) is 1. The smallest absolute Gasteiger partial charge is 0.168 e. The molecule has 0 aliphatic rings. The molecule has 0 amide bonds. The Kier molecular flexibility index (Phi) is 5.12. The lowest BCUT2D eigenvalue weighted by atomic mass is 10.0. The van der Waals surface area contributed by atoms with Crippen molar-refractivity contribution in [3.63, 3.8) is 0 Å². The molecule has 0 fully saturated rings. The van der Waals surface area contributed by atoms with Crippen LogP contribution < -0.4 is 4.74 Å². The van der Waals surface area contributed by atoms with Crippen molar-refractivity contribution in [2.45, 2.75) is 26.4 Å². The van der Waals surface area contributed by atoms with E-state index in [0.29, 0.717) is 5.56 Å². The molecule has 29 heavy (non-hydrogen) atoms. The van der Waals surface area contributed by atoms with Gasteiger partial charge in [-0.1, -0.05) is 12.1 Å². The third kappa shape index (κ3) is 4.19. The van der Waals surface area contributed by atoms with Crippen molar-refractivity contribution in [1.29, 1.82) is 0 Å². The van der Waals surface area contributed by atoms with Gasteiger partial charge in [0.2, 0.25) is 0 Å². The lowest BCUT2D eigenvalue weighted by Gasteiger charge is -2.10. The van der Waals surface area contributed by atoms with Crippen LogP contribution >= 0.6 is 0 Å². The number of rotatable bonds is 6. The number of benzene rings is 2. The van der Waals surface area contributed by atoms with E-state index >= 15 is 0 Å². The van der Waals surface area contributed by atoms with Crippen LogP contribution in [0.5, 0.6) is 5.75 Å². The molecule has 0 N–H and O–H groups in total. The van der Waals surface area contributed by atoms with Gasteiger partial charge in [-0.2, -0.15) is 0 Å². The number of carbonyl (C=O) groups is 1. The topological polar surface area (TPSA) is 57.0 Å². The van der Waals surface area contributed by atoms with Gasteiger partial charge in [0.05, 0.1) is 30.7 Å². The van der Waals surface area contributed by atoms with Crippen LogP contribution in [0.4, 0.5) is 0 Å². The number of hydrogen-bond donors (Lipinski definition) is 0. The number of aromatic nitrogens is 3. The maximum atomic E-state index is 12.7. The van der Waals surface area contributed by atoms with Gasteiger partial charge in [-0.15, -0.1) is 0 Å². The molecule has 0 aliphatic carbocycles. The summed E-state index contributed by atoms with van der Waals surface area (Å²) < 4.78 is 7.62. The summed E-state index contributed by atoms with van der Waals surface area (Å²) in [5, 5.41) is 2.10. The zero-order chi connectivity index (χ0) is 20.4. The molecule has 0 aliphatic heterocycles. The Morgan fingerprint density at radius 1 is 1.03 bits per heavy atom. The number of ketones is 1. The van der Waals surface area contributed by atoms with Gasteiger partial charge in [-0.3, -0.25) is 9.78 Å². The first-order valence-electron chi connectivity index (χ1n) is 9.65. The van der Waals surface area contributed by atoms with E-state index in [1.807, 2.05) is 74.3 Å². The van der Waals surface area contributed by atoms with Crippen molar-refractivity contribution in [2.75, 3.05) is 0 Å². The number of fused-ring (bicyclic) bond motifs is 1. The highest BCUT2D eigenvalue weighted by Crippen LogP contribution is 2.24. The van der Waals surface area contributed by atoms with Gasteiger partial charge in [-0.05, 0) is 55.6 Å². The van der Waals surface area contributed by atoms with Crippen LogP contribution in [-0.2, 0) is 13.5 Å². The third-order valence-electron chi connectivity index (χ3n) is 4.78. The summed E-state index contributed by atoms with van der Waals surface area (Å²) in [6, 6.07) is 15.5. The van der Waals surface area contributed by atoms with Crippen molar-refractivity contribution in [2.24, 2.45) is 7.05 Å². The number of imidazole rings is 1. The quantitative estimate of drug-likeness (QED) is 0.445. The summed E-state index contributed by atoms with van der Waals surface area (Å²) in [6.45, 7) is 3.95. The number of nitrogens with zero attached hydrogens (tertiary/aromatic N) is 3. The van der Waals surface area contributed by atoms with E-state index < -0.39 is 0 Å². The fourth-order valence-electron chi connectivity index (χ4n) is 3.34. The molecule has 4 rings (SSSR count). The minimum absolute atomic E-state index is 0.0377. The second-order valence-electron chi connectivity index (χ2n) is 7.42. The van der Waals surface area contributed by atoms with Gasteiger partial charge in [0, 0.05) is 35.5 Å². The molecule has 0 atom stereocenters. The number of pyridine rings is 1. The second-order valence-corrected chi connectivity index (χ2v) is 7.42. The number of carbonyl (C=O) groups excluding carboxylic acids is 1. The number of hydrogen-bond acceptors (Lipinski definition) is 4. The highest BCUT2D eigenvalue weighted by Gasteiger charge is 2.10. The van der Waals surface area contributed by atoms with Crippen LogP contribution in [0.1, 0.15) is 29.9 Å². The first kappa shape index (κ1) is 18.9. The first-order valence-corrected chi connectivity index (χ1v) is 9.65. The van der Waals surface area contributed by atoms with E-state index in [1.54, 1.807) is 6.33 Å². The molecule has 2 heterocycles. The van der Waals surface area contributed by atoms with Gasteiger partial charge in [0.25, 0.3) is 0 Å². The van der Waals surface area contributed by atoms with Crippen LogP contribution in [-0.4, -0.2) is 26.4 Å². The fraction of sp³-hybridized carbons (Fsp3) is 0.208. The molecule has 5 nitrogen and oxygen atoms in total. The summed E-state index contributed by atoms with van der Waals surface area (Å²) in [4.78, 5) is 21.4. The molecule has 0 spiro atoms. The van der Waals surface area contributed by atoms with E-state index in [1.165, 1.54) is 0 Å². The molecule has 0 saturated heterocycles. The summed E-state index contributed by atoms with van der Waals surface area (Å²) in [5.41, 5.74) is 3.55. The maximum Gasteiger partial charge on any atom is 0.168 e. The van der Waals surface area contributed by atoms with Gasteiger partial charge in [-0.25, -0.2) is 4.98 Å². The van der Waals surface area contributed by atoms with Crippen LogP contribution in [0, 0.1) is 0 Å². The van der Waals surface area contributed by atoms with Crippen molar-refractivity contribution in [3.05, 3.63) is 78.5 Å². The average molecular weight is 385 g/mol. The highest BCUT2D eigenvalue weighted by atomic mass is 16.5. The molecule has 0 saturated carbocycles. The van der Waals surface area contributed by atoms with Crippen molar-refractivity contribution < 1.29 is 9.53 Å². The van der Waals surface area contributed by atoms with E-state index in [-0.39, 0.29) is 18.3 Å². The summed E-state index contributed by atoms with van der Waals surface area (Å²) in [6.07, 6.45) is 5.82. The Morgan fingerprint density at radius 2 is 1.83 bits per heavy atom. The Hall–Kier alpha value is -3.47. The first-order chi connectivity index (χ1) is 14.0. The number of ether oxygens (including phenoxy) is 1. The minimum atomic E-state index is 0.0377. The largest absolute Gasteiger partial charge is 0.491 e. The van der Waals surface area contributed by atoms with Crippen LogP contribution in [0.15, 0.2) is 67.3 Å². The normalized spacial score (nSPS) is 11.2. The zero-order valence-electron chi connectivity index (χ0n) is 16.8. The zero-order valence-corrected chi connectivity index (χ0v) is 16.8. The van der Waals surface area contributed by atoms with Crippen LogP contribution in [0.3, 0.4) is 0 Å². The van der Waals surface area contributed by atoms with E-state index in [4.69, 9.17) is 4.74 Å². The molecule has 5 heteroatoms. The number of aryl methyl sites for hydroxylation is 1. The van der Waals surface area contributed by atoms with Gasteiger partial charge >= 0.3 is 0 Å². The van der Waals surface area contributed by atoms with Crippen LogP contribution in [0.2, 0.25) is 0 Å². The maximum absolute atomic E-state index is 12.7. The summed E-state index contributed by atoms with van der Waals surface area (Å²) in [7, 11) is 1.97. The standard InChI is InChI=1S/C24H23N3O2/c1-16(2)29-22-8-6-17(7-9-22)24(28)12-21-11-20-10-18(4-5-19(20)13-26-21)23-14-25-15-27(23)3/h4-11,13-16H,12H2,1-3H3. The molecular formula is C24H23N3O2. The van der Waals surface area contributed by atoms with Gasteiger partial charge in [0.1, 0.15) is 5.75 Å². The lowest BCUT2D eigenvalue weighted by Crippen LogP contribution is -2.07. The summed E-state index contributed by atoms with van der Waals surface area (Å²) in [5.74, 6) is 0.804. The van der Waals surface area contributed by atoms with E-state index in [9.17, 15) is 4.79 Å². The highest BCUT2D eigenvalue weighted by molar-refractivity contribution is 5.98. The third-order valence-corrected chi connectivity index (χ3v) is 4.78. The van der Waals surface area contributed by atoms with Gasteiger partial charge in [0.15, 0.2) is 5.78 Å². The Bertz CT molecular complexity index is 1160. The Balaban J connectivity index is 1.56. The molecule has 2 aromatic heterocycles. The van der Waals surface area contributed by atoms with Gasteiger partial charge < -0.3 is 9.30 Å². The van der Waals surface area contributed by atoms with E-state index in [0.717, 1.165) is 33.5 Å². The second kappa shape index (κ2) is 7.87. The SMILES string of the molecule is CC(C)Oc1ccc(C(=O)Cc2cc3cc(-c4cncn4C)ccc3cn2)cc1. The predicted octanol–water partition coefficient (Wildman–Crippen LogP) is 4.85. The average Bonchev–Trinajstić information content (AvgIpc) is 3.13. The molecule has 146 valence electrons. The van der Waals surface area contributed by atoms with Crippen molar-refractivity contribution in [3.8, 4) is 17.0 Å². The van der Waals surface area contributed by atoms with Crippen molar-refractivity contribution >= 4 is 16.6 Å². The molecular weight excluding hydrogens is 362 g/mol. The Morgan fingerprint density at radius 3 is 2.52 bits per heavy atom. The van der Waals surface area contributed by atoms with Crippen LogP contribution in [0.25, 0.3) is 22.0 Å². The predicted molar refractivity (Wildman–Crippen MR) is 114 cm³/mol. The molecule has 0 unspecified atom stereocenters. The summed E-state index contributed by atoms with van der Waals surface area (Å²) >= 11 is 0. The minimum Gasteiger partial charge on any atom is -0.491 e. The fourth-order valence-corrected chi connectivity index (χ4v) is 3.34. The van der Waals surface area contributed by atoms with E-state index in [2.05, 4.69) is 22.1 Å². The van der Waals surface area contributed by atoms with Crippen molar-refractivity contribution in [1.82, 2.24) is 14.5 Å². The monoisotopic (exact) mass is 385 g/mol.